The maximum Gasteiger partial charge on any atom is 0.200 e. The lowest BCUT2D eigenvalue weighted by Gasteiger charge is -2.23. The molecule has 2 N–H and O–H groups in total. The normalized spacial score (nSPS) is 13.9. The molecular formula is C14H14F2N2O. The van der Waals surface area contributed by atoms with Crippen LogP contribution in [0.3, 0.4) is 0 Å². The summed E-state index contributed by atoms with van der Waals surface area (Å²) in [5.41, 5.74) is 6.60. The number of nitrogens with zero attached hydrogens (tertiary/aromatic N) is 1. The molecule has 2 atom stereocenters. The maximum atomic E-state index is 13.6. The second-order valence-corrected chi connectivity index (χ2v) is 4.23. The highest BCUT2D eigenvalue weighted by atomic mass is 19.2. The highest BCUT2D eigenvalue weighted by molar-refractivity contribution is 5.27. The van der Waals surface area contributed by atoms with Gasteiger partial charge in [-0.2, -0.15) is 4.39 Å². The van der Waals surface area contributed by atoms with Crippen LogP contribution in [0.5, 0.6) is 5.75 Å². The molecule has 0 aliphatic rings. The molecule has 0 aliphatic heterocycles. The fraction of sp³-hybridized carbons (Fsp3) is 0.214. The predicted molar refractivity (Wildman–Crippen MR) is 67.6 cm³/mol. The first kappa shape index (κ1) is 13.4. The Hall–Kier alpha value is -2.01. The summed E-state index contributed by atoms with van der Waals surface area (Å²) in [5, 5.41) is 0. The van der Waals surface area contributed by atoms with Gasteiger partial charge in [-0.1, -0.05) is 6.07 Å². The fourth-order valence-electron chi connectivity index (χ4n) is 1.74. The molecule has 2 unspecified atom stereocenters. The van der Waals surface area contributed by atoms with Gasteiger partial charge in [0.05, 0.1) is 0 Å². The Bertz CT molecular complexity index is 546. The summed E-state index contributed by atoms with van der Waals surface area (Å²) >= 11 is 0. The predicted octanol–water partition coefficient (Wildman–Crippen LogP) is 2.83. The van der Waals surface area contributed by atoms with Gasteiger partial charge in [0.25, 0.3) is 0 Å². The van der Waals surface area contributed by atoms with Crippen molar-refractivity contribution in [1.82, 2.24) is 4.98 Å². The van der Waals surface area contributed by atoms with E-state index in [9.17, 15) is 8.78 Å². The molecule has 0 saturated carbocycles. The number of nitrogens with two attached hydrogens (primary N) is 1. The summed E-state index contributed by atoms with van der Waals surface area (Å²) in [7, 11) is 0. The van der Waals surface area contributed by atoms with E-state index in [0.29, 0.717) is 0 Å². The number of aromatic nitrogens is 1. The number of benzene rings is 1. The van der Waals surface area contributed by atoms with Gasteiger partial charge in [-0.25, -0.2) is 4.39 Å². The molecule has 2 aromatic rings. The number of pyridine rings is 1. The van der Waals surface area contributed by atoms with Crippen LogP contribution in [-0.2, 0) is 0 Å². The Kier molecular flexibility index (Phi) is 4.06. The third-order valence-electron chi connectivity index (χ3n) is 2.68. The maximum absolute atomic E-state index is 13.6. The minimum atomic E-state index is -1.01. The monoisotopic (exact) mass is 264 g/mol. The van der Waals surface area contributed by atoms with E-state index in [1.807, 2.05) is 0 Å². The molecule has 0 aliphatic carbocycles. The summed E-state index contributed by atoms with van der Waals surface area (Å²) in [5.74, 6) is -2.11. The van der Waals surface area contributed by atoms with Gasteiger partial charge in [-0.05, 0) is 36.8 Å². The van der Waals surface area contributed by atoms with Crippen LogP contribution in [0.2, 0.25) is 0 Å². The quantitative estimate of drug-likeness (QED) is 0.923. The molecule has 0 amide bonds. The fourth-order valence-corrected chi connectivity index (χ4v) is 1.74. The lowest BCUT2D eigenvalue weighted by atomic mass is 10.1. The molecule has 100 valence electrons. The Morgan fingerprint density at radius 1 is 1.16 bits per heavy atom. The van der Waals surface area contributed by atoms with Crippen molar-refractivity contribution in [3.63, 3.8) is 0 Å². The van der Waals surface area contributed by atoms with Gasteiger partial charge in [-0.15, -0.1) is 0 Å². The van der Waals surface area contributed by atoms with Crippen LogP contribution >= 0.6 is 0 Å². The van der Waals surface area contributed by atoms with E-state index in [1.54, 1.807) is 31.5 Å². The third-order valence-corrected chi connectivity index (χ3v) is 2.68. The first-order chi connectivity index (χ1) is 9.09. The molecule has 0 fully saturated rings. The summed E-state index contributed by atoms with van der Waals surface area (Å²) < 4.78 is 32.2. The van der Waals surface area contributed by atoms with Crippen molar-refractivity contribution in [1.29, 1.82) is 0 Å². The molecule has 0 saturated heterocycles. The summed E-state index contributed by atoms with van der Waals surface area (Å²) in [6.07, 6.45) is 2.62. The van der Waals surface area contributed by atoms with E-state index in [-0.39, 0.29) is 11.8 Å². The molecule has 1 heterocycles. The molecule has 19 heavy (non-hydrogen) atoms. The van der Waals surface area contributed by atoms with Crippen LogP contribution in [0.25, 0.3) is 0 Å². The van der Waals surface area contributed by atoms with Gasteiger partial charge < -0.3 is 10.5 Å². The number of rotatable bonds is 4. The highest BCUT2D eigenvalue weighted by Crippen LogP contribution is 2.27. The highest BCUT2D eigenvalue weighted by Gasteiger charge is 2.20. The molecular weight excluding hydrogens is 250 g/mol. The lowest BCUT2D eigenvalue weighted by molar-refractivity contribution is 0.170. The molecule has 3 nitrogen and oxygen atoms in total. The zero-order valence-electron chi connectivity index (χ0n) is 10.4. The van der Waals surface area contributed by atoms with Crippen LogP contribution in [0.4, 0.5) is 8.78 Å². The second kappa shape index (κ2) is 5.75. The van der Waals surface area contributed by atoms with Gasteiger partial charge in [0.15, 0.2) is 11.6 Å². The summed E-state index contributed by atoms with van der Waals surface area (Å²) in [4.78, 5) is 3.90. The Labute approximate surface area is 110 Å². The van der Waals surface area contributed by atoms with E-state index < -0.39 is 17.7 Å². The zero-order valence-corrected chi connectivity index (χ0v) is 10.4. The van der Waals surface area contributed by atoms with E-state index in [1.165, 1.54) is 12.1 Å². The van der Waals surface area contributed by atoms with Gasteiger partial charge in [0.2, 0.25) is 5.82 Å². The SMILES string of the molecule is CC(N)C(Oc1cccc(F)c1F)c1ccncc1. The average Bonchev–Trinajstić information content (AvgIpc) is 2.41. The van der Waals surface area contributed by atoms with Crippen LogP contribution in [-0.4, -0.2) is 11.0 Å². The van der Waals surface area contributed by atoms with Gasteiger partial charge in [0.1, 0.15) is 6.10 Å². The first-order valence-corrected chi connectivity index (χ1v) is 5.85. The van der Waals surface area contributed by atoms with Crippen molar-refractivity contribution < 1.29 is 13.5 Å². The molecule has 1 aromatic heterocycles. The van der Waals surface area contributed by atoms with E-state index in [0.717, 1.165) is 11.6 Å². The molecule has 1 aromatic carbocycles. The zero-order chi connectivity index (χ0) is 13.8. The molecule has 0 bridgehead atoms. The van der Waals surface area contributed by atoms with Gasteiger partial charge >= 0.3 is 0 Å². The van der Waals surface area contributed by atoms with Crippen molar-refractivity contribution in [2.24, 2.45) is 5.73 Å². The van der Waals surface area contributed by atoms with Crippen molar-refractivity contribution in [3.05, 3.63) is 59.9 Å². The average molecular weight is 264 g/mol. The van der Waals surface area contributed by atoms with Crippen LogP contribution in [0.15, 0.2) is 42.7 Å². The van der Waals surface area contributed by atoms with Crippen molar-refractivity contribution in [2.75, 3.05) is 0 Å². The first-order valence-electron chi connectivity index (χ1n) is 5.85. The topological polar surface area (TPSA) is 48.1 Å². The molecule has 0 spiro atoms. The van der Waals surface area contributed by atoms with Crippen molar-refractivity contribution in [3.8, 4) is 5.75 Å². The number of hydrogen-bond acceptors (Lipinski definition) is 3. The van der Waals surface area contributed by atoms with Crippen LogP contribution in [0, 0.1) is 11.6 Å². The van der Waals surface area contributed by atoms with E-state index in [2.05, 4.69) is 4.98 Å². The number of halogens is 2. The largest absolute Gasteiger partial charge is 0.481 e. The van der Waals surface area contributed by atoms with Gasteiger partial charge in [0, 0.05) is 18.4 Å². The Morgan fingerprint density at radius 2 is 1.84 bits per heavy atom. The standard InChI is InChI=1S/C14H14F2N2O/c1-9(17)14(10-5-7-18-8-6-10)19-12-4-2-3-11(15)13(12)16/h2-9,14H,17H2,1H3. The molecule has 0 radical (unpaired) electrons. The van der Waals surface area contributed by atoms with Crippen molar-refractivity contribution in [2.45, 2.75) is 19.1 Å². The second-order valence-electron chi connectivity index (χ2n) is 4.23. The van der Waals surface area contributed by atoms with Crippen LogP contribution in [0.1, 0.15) is 18.6 Å². The molecule has 2 rings (SSSR count). The van der Waals surface area contributed by atoms with Crippen LogP contribution < -0.4 is 10.5 Å². The van der Waals surface area contributed by atoms with E-state index >= 15 is 0 Å². The van der Waals surface area contributed by atoms with Crippen molar-refractivity contribution >= 4 is 0 Å². The Balaban J connectivity index is 2.30. The summed E-state index contributed by atoms with van der Waals surface area (Å²) in [6.45, 7) is 1.74. The van der Waals surface area contributed by atoms with Gasteiger partial charge in [-0.3, -0.25) is 4.98 Å². The Morgan fingerprint density at radius 3 is 2.47 bits per heavy atom. The minimum absolute atomic E-state index is 0.154. The third kappa shape index (κ3) is 3.06. The summed E-state index contributed by atoms with van der Waals surface area (Å²) in [6, 6.07) is 6.87. The smallest absolute Gasteiger partial charge is 0.200 e. The minimum Gasteiger partial charge on any atom is -0.481 e. The number of hydrogen-bond donors (Lipinski definition) is 1. The lowest BCUT2D eigenvalue weighted by Crippen LogP contribution is -2.29. The number of ether oxygens (including phenoxy) is 1. The van der Waals surface area contributed by atoms with E-state index in [4.69, 9.17) is 10.5 Å². The molecule has 5 heteroatoms.